The molecular weight excluding hydrogens is 186 g/mol. The number of rotatable bonds is 2. The number of aromatic nitrogens is 2. The Labute approximate surface area is 81.4 Å². The van der Waals surface area contributed by atoms with Gasteiger partial charge in [-0.05, 0) is 18.1 Å². The molecule has 0 aliphatic carbocycles. The van der Waals surface area contributed by atoms with Gasteiger partial charge < -0.3 is 10.7 Å². The van der Waals surface area contributed by atoms with Gasteiger partial charge in [-0.2, -0.15) is 0 Å². The third-order valence-electron chi connectivity index (χ3n) is 1.59. The van der Waals surface area contributed by atoms with E-state index < -0.39 is 0 Å². The van der Waals surface area contributed by atoms with Crippen molar-refractivity contribution in [2.24, 2.45) is 5.92 Å². The van der Waals surface area contributed by atoms with Crippen molar-refractivity contribution in [3.63, 3.8) is 0 Å². The first kappa shape index (κ1) is 9.98. The van der Waals surface area contributed by atoms with Gasteiger partial charge in [0.1, 0.15) is 5.82 Å². The summed E-state index contributed by atoms with van der Waals surface area (Å²) < 4.78 is 1.90. The largest absolute Gasteiger partial charge is 0.385 e. The SMILES string of the molecule is CC(C)Cn1c(=O)cc(N)[nH]c1=S. The number of anilines is 1. The molecule has 0 atom stereocenters. The molecule has 0 bridgehead atoms. The number of H-pyrrole nitrogens is 1. The number of hydrogen-bond donors (Lipinski definition) is 2. The predicted octanol–water partition coefficient (Wildman–Crippen LogP) is 1.14. The Morgan fingerprint density at radius 2 is 2.31 bits per heavy atom. The highest BCUT2D eigenvalue weighted by molar-refractivity contribution is 7.71. The van der Waals surface area contributed by atoms with Crippen molar-refractivity contribution in [3.05, 3.63) is 21.2 Å². The topological polar surface area (TPSA) is 63.8 Å². The summed E-state index contributed by atoms with van der Waals surface area (Å²) in [5.74, 6) is 0.700. The van der Waals surface area contributed by atoms with Crippen LogP contribution in [0.15, 0.2) is 10.9 Å². The Balaban J connectivity index is 3.22. The fraction of sp³-hybridized carbons (Fsp3) is 0.500. The van der Waals surface area contributed by atoms with Crippen LogP contribution in [0.5, 0.6) is 0 Å². The molecular formula is C8H13N3OS. The normalized spacial score (nSPS) is 10.7. The second-order valence-electron chi connectivity index (χ2n) is 3.37. The van der Waals surface area contributed by atoms with Crippen LogP contribution in [0.3, 0.4) is 0 Å². The third kappa shape index (κ3) is 2.42. The lowest BCUT2D eigenvalue weighted by atomic mass is 10.2. The van der Waals surface area contributed by atoms with E-state index >= 15 is 0 Å². The summed E-state index contributed by atoms with van der Waals surface area (Å²) >= 11 is 4.97. The van der Waals surface area contributed by atoms with Crippen molar-refractivity contribution < 1.29 is 0 Å². The Bertz CT molecular complexity index is 373. The van der Waals surface area contributed by atoms with Gasteiger partial charge in [0.15, 0.2) is 4.77 Å². The lowest BCUT2D eigenvalue weighted by Gasteiger charge is -2.08. The summed E-state index contributed by atoms with van der Waals surface area (Å²) in [6, 6.07) is 1.35. The van der Waals surface area contributed by atoms with Crippen molar-refractivity contribution in [1.82, 2.24) is 9.55 Å². The minimum Gasteiger partial charge on any atom is -0.385 e. The van der Waals surface area contributed by atoms with Crippen LogP contribution in [0, 0.1) is 10.7 Å². The molecule has 0 aliphatic heterocycles. The Kier molecular flexibility index (Phi) is 2.87. The first-order valence-corrected chi connectivity index (χ1v) is 4.51. The monoisotopic (exact) mass is 199 g/mol. The summed E-state index contributed by atoms with van der Waals surface area (Å²) in [7, 11) is 0. The second kappa shape index (κ2) is 3.74. The van der Waals surface area contributed by atoms with Crippen LogP contribution in [0.1, 0.15) is 13.8 Å². The number of hydrogen-bond acceptors (Lipinski definition) is 3. The molecule has 0 saturated heterocycles. The minimum atomic E-state index is -0.144. The molecule has 0 fully saturated rings. The number of aromatic amines is 1. The maximum Gasteiger partial charge on any atom is 0.256 e. The van der Waals surface area contributed by atoms with Gasteiger partial charge in [0.05, 0.1) is 0 Å². The first-order chi connectivity index (χ1) is 6.00. The zero-order chi connectivity index (χ0) is 10.0. The van der Waals surface area contributed by atoms with Crippen molar-refractivity contribution in [3.8, 4) is 0 Å². The van der Waals surface area contributed by atoms with Crippen molar-refractivity contribution in [1.29, 1.82) is 0 Å². The molecule has 72 valence electrons. The van der Waals surface area contributed by atoms with E-state index in [0.717, 1.165) is 0 Å². The molecule has 1 heterocycles. The molecule has 5 heteroatoms. The van der Waals surface area contributed by atoms with Crippen LogP contribution < -0.4 is 11.3 Å². The molecule has 1 rings (SSSR count). The summed E-state index contributed by atoms with van der Waals surface area (Å²) in [6.07, 6.45) is 0. The minimum absolute atomic E-state index is 0.144. The number of nitrogens with two attached hydrogens (primary N) is 1. The molecule has 4 nitrogen and oxygen atoms in total. The van der Waals surface area contributed by atoms with E-state index in [2.05, 4.69) is 4.98 Å². The zero-order valence-electron chi connectivity index (χ0n) is 7.70. The van der Waals surface area contributed by atoms with Gasteiger partial charge in [0.25, 0.3) is 5.56 Å². The molecule has 13 heavy (non-hydrogen) atoms. The lowest BCUT2D eigenvalue weighted by molar-refractivity contribution is 0.501. The summed E-state index contributed by atoms with van der Waals surface area (Å²) in [6.45, 7) is 4.67. The molecule has 0 aliphatic rings. The quantitative estimate of drug-likeness (QED) is 0.702. The summed E-state index contributed by atoms with van der Waals surface area (Å²) in [4.78, 5) is 14.1. The second-order valence-corrected chi connectivity index (χ2v) is 3.76. The number of nitrogens with one attached hydrogen (secondary N) is 1. The fourth-order valence-electron chi connectivity index (χ4n) is 1.08. The van der Waals surface area contributed by atoms with Gasteiger partial charge in [-0.3, -0.25) is 9.36 Å². The van der Waals surface area contributed by atoms with Crippen LogP contribution >= 0.6 is 12.2 Å². The molecule has 1 aromatic rings. The van der Waals surface area contributed by atoms with E-state index in [-0.39, 0.29) is 5.56 Å². The van der Waals surface area contributed by atoms with Gasteiger partial charge in [0.2, 0.25) is 0 Å². The molecule has 0 aromatic carbocycles. The number of nitrogen functional groups attached to an aromatic ring is 1. The molecule has 3 N–H and O–H groups in total. The van der Waals surface area contributed by atoms with Crippen LogP contribution in [0.2, 0.25) is 0 Å². The molecule has 0 amide bonds. The zero-order valence-corrected chi connectivity index (χ0v) is 8.52. The standard InChI is InChI=1S/C8H13N3OS/c1-5(2)4-11-7(12)3-6(9)10-8(11)13/h3,5H,4,9H2,1-2H3,(H,10,13). The Morgan fingerprint density at radius 1 is 1.69 bits per heavy atom. The molecule has 0 spiro atoms. The predicted molar refractivity (Wildman–Crippen MR) is 55.1 cm³/mol. The maximum atomic E-state index is 11.4. The van der Waals surface area contributed by atoms with E-state index in [0.29, 0.717) is 23.1 Å². The fourth-order valence-corrected chi connectivity index (χ4v) is 1.36. The molecule has 1 aromatic heterocycles. The average molecular weight is 199 g/mol. The lowest BCUT2D eigenvalue weighted by Crippen LogP contribution is -2.24. The van der Waals surface area contributed by atoms with Crippen LogP contribution in [0.25, 0.3) is 0 Å². The highest BCUT2D eigenvalue weighted by atomic mass is 32.1. The van der Waals surface area contributed by atoms with Gasteiger partial charge in [0, 0.05) is 12.6 Å². The van der Waals surface area contributed by atoms with Gasteiger partial charge in [-0.15, -0.1) is 0 Å². The van der Waals surface area contributed by atoms with E-state index in [1.54, 1.807) is 0 Å². The third-order valence-corrected chi connectivity index (χ3v) is 1.91. The van der Waals surface area contributed by atoms with Crippen LogP contribution in [0.4, 0.5) is 5.82 Å². The van der Waals surface area contributed by atoms with Crippen LogP contribution in [-0.2, 0) is 6.54 Å². The van der Waals surface area contributed by atoms with Crippen LogP contribution in [-0.4, -0.2) is 9.55 Å². The van der Waals surface area contributed by atoms with E-state index in [9.17, 15) is 4.79 Å². The molecule has 0 radical (unpaired) electrons. The van der Waals surface area contributed by atoms with E-state index in [1.165, 1.54) is 10.6 Å². The van der Waals surface area contributed by atoms with Gasteiger partial charge in [-0.1, -0.05) is 13.8 Å². The summed E-state index contributed by atoms with van der Waals surface area (Å²) in [5.41, 5.74) is 5.28. The van der Waals surface area contributed by atoms with Gasteiger partial charge in [-0.25, -0.2) is 0 Å². The smallest absolute Gasteiger partial charge is 0.256 e. The Morgan fingerprint density at radius 3 is 2.77 bits per heavy atom. The van der Waals surface area contributed by atoms with Crippen molar-refractivity contribution >= 4 is 18.0 Å². The average Bonchev–Trinajstić information content (AvgIpc) is 1.96. The van der Waals surface area contributed by atoms with Crippen molar-refractivity contribution in [2.75, 3.05) is 5.73 Å². The molecule has 0 unspecified atom stereocenters. The van der Waals surface area contributed by atoms with Gasteiger partial charge >= 0.3 is 0 Å². The maximum absolute atomic E-state index is 11.4. The molecule has 0 saturated carbocycles. The number of nitrogens with zero attached hydrogens (tertiary/aromatic N) is 1. The Hall–Kier alpha value is -1.10. The first-order valence-electron chi connectivity index (χ1n) is 4.10. The van der Waals surface area contributed by atoms with E-state index in [1.807, 2.05) is 13.8 Å². The highest BCUT2D eigenvalue weighted by Gasteiger charge is 2.01. The highest BCUT2D eigenvalue weighted by Crippen LogP contribution is 1.98. The van der Waals surface area contributed by atoms with E-state index in [4.69, 9.17) is 18.0 Å². The summed E-state index contributed by atoms with van der Waals surface area (Å²) in [5, 5.41) is 0. The van der Waals surface area contributed by atoms with Crippen molar-refractivity contribution in [2.45, 2.75) is 20.4 Å².